The van der Waals surface area contributed by atoms with E-state index < -0.39 is 0 Å². The highest BCUT2D eigenvalue weighted by molar-refractivity contribution is 5.53. The van der Waals surface area contributed by atoms with Gasteiger partial charge in [0, 0.05) is 13.1 Å². The number of hydrogen-bond donors (Lipinski definition) is 2. The van der Waals surface area contributed by atoms with Gasteiger partial charge in [0.1, 0.15) is 0 Å². The van der Waals surface area contributed by atoms with Gasteiger partial charge in [0.2, 0.25) is 0 Å². The summed E-state index contributed by atoms with van der Waals surface area (Å²) in [5, 5.41) is 6.73. The molecule has 1 heterocycles. The molecular weight excluding hydrogens is 198 g/mol. The molecule has 1 aromatic heterocycles. The minimum Gasteiger partial charge on any atom is -0.384 e. The van der Waals surface area contributed by atoms with Crippen LogP contribution in [0.5, 0.6) is 0 Å². The number of anilines is 2. The summed E-state index contributed by atoms with van der Waals surface area (Å²) in [6, 6.07) is 2.12. The lowest BCUT2D eigenvalue weighted by Gasteiger charge is -2.08. The van der Waals surface area contributed by atoms with Crippen LogP contribution in [-0.4, -0.2) is 18.1 Å². The second-order valence-electron chi connectivity index (χ2n) is 4.02. The van der Waals surface area contributed by atoms with Gasteiger partial charge in [-0.2, -0.15) is 0 Å². The molecule has 0 fully saturated rings. The Hall–Kier alpha value is -1.25. The second kappa shape index (κ2) is 7.97. The topological polar surface area (TPSA) is 37.0 Å². The van der Waals surface area contributed by atoms with Crippen LogP contribution in [0.2, 0.25) is 0 Å². The molecule has 0 radical (unpaired) electrons. The Kier molecular flexibility index (Phi) is 6.38. The third-order valence-electron chi connectivity index (χ3n) is 2.43. The standard InChI is InChI=1S/C13H23N3/c1-3-5-6-8-16-13-9-12(10-14-11-13)15-7-4-2/h9-11,15-16H,3-8H2,1-2H3. The molecule has 0 saturated heterocycles. The number of rotatable bonds is 8. The Morgan fingerprint density at radius 1 is 0.938 bits per heavy atom. The summed E-state index contributed by atoms with van der Waals surface area (Å²) in [5.74, 6) is 0. The lowest BCUT2D eigenvalue weighted by molar-refractivity contribution is 0.743. The van der Waals surface area contributed by atoms with Crippen LogP contribution in [0.4, 0.5) is 11.4 Å². The maximum Gasteiger partial charge on any atom is 0.0547 e. The maximum atomic E-state index is 4.21. The van der Waals surface area contributed by atoms with E-state index in [2.05, 4.69) is 35.5 Å². The molecule has 1 aromatic rings. The van der Waals surface area contributed by atoms with E-state index in [9.17, 15) is 0 Å². The number of unbranched alkanes of at least 4 members (excludes halogenated alkanes) is 2. The van der Waals surface area contributed by atoms with Crippen LogP contribution >= 0.6 is 0 Å². The van der Waals surface area contributed by atoms with Gasteiger partial charge in [0.05, 0.1) is 23.8 Å². The summed E-state index contributed by atoms with van der Waals surface area (Å²) in [4.78, 5) is 4.21. The monoisotopic (exact) mass is 221 g/mol. The van der Waals surface area contributed by atoms with Crippen molar-refractivity contribution in [1.82, 2.24) is 4.98 Å². The van der Waals surface area contributed by atoms with Crippen molar-refractivity contribution in [2.75, 3.05) is 23.7 Å². The molecule has 0 aliphatic heterocycles. The quantitative estimate of drug-likeness (QED) is 0.660. The molecule has 90 valence electrons. The molecule has 0 unspecified atom stereocenters. The number of hydrogen-bond acceptors (Lipinski definition) is 3. The molecule has 16 heavy (non-hydrogen) atoms. The van der Waals surface area contributed by atoms with Crippen LogP contribution in [0.15, 0.2) is 18.5 Å². The summed E-state index contributed by atoms with van der Waals surface area (Å²) < 4.78 is 0. The molecule has 1 rings (SSSR count). The predicted octanol–water partition coefficient (Wildman–Crippen LogP) is 3.51. The minimum atomic E-state index is 1.00. The van der Waals surface area contributed by atoms with Crippen LogP contribution < -0.4 is 10.6 Å². The van der Waals surface area contributed by atoms with E-state index in [0.29, 0.717) is 0 Å². The molecule has 0 atom stereocenters. The second-order valence-corrected chi connectivity index (χ2v) is 4.02. The normalized spacial score (nSPS) is 10.1. The van der Waals surface area contributed by atoms with E-state index in [1.54, 1.807) is 0 Å². The molecule has 0 bridgehead atoms. The predicted molar refractivity (Wildman–Crippen MR) is 71.0 cm³/mol. The molecule has 0 aromatic carbocycles. The Morgan fingerprint density at radius 3 is 2.25 bits per heavy atom. The zero-order valence-corrected chi connectivity index (χ0v) is 10.4. The number of aromatic nitrogens is 1. The lowest BCUT2D eigenvalue weighted by Crippen LogP contribution is -2.04. The van der Waals surface area contributed by atoms with Crippen molar-refractivity contribution >= 4 is 11.4 Å². The zero-order chi connectivity index (χ0) is 11.6. The van der Waals surface area contributed by atoms with Gasteiger partial charge in [0.15, 0.2) is 0 Å². The molecule has 0 aliphatic rings. The van der Waals surface area contributed by atoms with E-state index in [1.807, 2.05) is 12.4 Å². The SMILES string of the molecule is CCCCCNc1cncc(NCCC)c1. The van der Waals surface area contributed by atoms with Gasteiger partial charge in [-0.05, 0) is 18.9 Å². The van der Waals surface area contributed by atoms with Crippen molar-refractivity contribution in [3.63, 3.8) is 0 Å². The van der Waals surface area contributed by atoms with Crippen molar-refractivity contribution in [3.05, 3.63) is 18.5 Å². The van der Waals surface area contributed by atoms with E-state index >= 15 is 0 Å². The number of nitrogens with one attached hydrogen (secondary N) is 2. The fourth-order valence-electron chi connectivity index (χ4n) is 1.51. The summed E-state index contributed by atoms with van der Waals surface area (Å²) in [6.45, 7) is 6.41. The minimum absolute atomic E-state index is 1.00. The Labute approximate surface area is 98.7 Å². The third-order valence-corrected chi connectivity index (χ3v) is 2.43. The molecule has 0 amide bonds. The fourth-order valence-corrected chi connectivity index (χ4v) is 1.51. The lowest BCUT2D eigenvalue weighted by atomic mass is 10.2. The van der Waals surface area contributed by atoms with E-state index in [4.69, 9.17) is 0 Å². The maximum absolute atomic E-state index is 4.21. The van der Waals surface area contributed by atoms with Crippen molar-refractivity contribution in [3.8, 4) is 0 Å². The van der Waals surface area contributed by atoms with E-state index in [-0.39, 0.29) is 0 Å². The summed E-state index contributed by atoms with van der Waals surface area (Å²) in [5.41, 5.74) is 2.21. The van der Waals surface area contributed by atoms with Gasteiger partial charge in [-0.3, -0.25) is 4.98 Å². The highest BCUT2D eigenvalue weighted by Gasteiger charge is 1.95. The van der Waals surface area contributed by atoms with E-state index in [1.165, 1.54) is 19.3 Å². The third kappa shape index (κ3) is 5.01. The van der Waals surface area contributed by atoms with Gasteiger partial charge >= 0.3 is 0 Å². The highest BCUT2D eigenvalue weighted by atomic mass is 14.9. The zero-order valence-electron chi connectivity index (χ0n) is 10.4. The van der Waals surface area contributed by atoms with Crippen LogP contribution in [0, 0.1) is 0 Å². The van der Waals surface area contributed by atoms with Gasteiger partial charge in [-0.1, -0.05) is 26.7 Å². The molecule has 0 spiro atoms. The van der Waals surface area contributed by atoms with Crippen LogP contribution in [0.25, 0.3) is 0 Å². The van der Waals surface area contributed by atoms with Crippen molar-refractivity contribution in [2.24, 2.45) is 0 Å². The van der Waals surface area contributed by atoms with Crippen molar-refractivity contribution < 1.29 is 0 Å². The molecular formula is C13H23N3. The largest absolute Gasteiger partial charge is 0.384 e. The molecule has 3 heteroatoms. The van der Waals surface area contributed by atoms with Gasteiger partial charge in [0.25, 0.3) is 0 Å². The Morgan fingerprint density at radius 2 is 1.62 bits per heavy atom. The average Bonchev–Trinajstić information content (AvgIpc) is 2.33. The average molecular weight is 221 g/mol. The summed E-state index contributed by atoms with van der Waals surface area (Å²) in [6.07, 6.45) is 8.65. The van der Waals surface area contributed by atoms with Crippen LogP contribution in [0.1, 0.15) is 39.5 Å². The van der Waals surface area contributed by atoms with Gasteiger partial charge < -0.3 is 10.6 Å². The first kappa shape index (κ1) is 12.8. The highest BCUT2D eigenvalue weighted by Crippen LogP contribution is 2.12. The van der Waals surface area contributed by atoms with E-state index in [0.717, 1.165) is 30.9 Å². The number of pyridine rings is 1. The molecule has 0 saturated carbocycles. The molecule has 3 nitrogen and oxygen atoms in total. The first-order valence-corrected chi connectivity index (χ1v) is 6.29. The number of nitrogens with zero attached hydrogens (tertiary/aromatic N) is 1. The van der Waals surface area contributed by atoms with Crippen molar-refractivity contribution in [1.29, 1.82) is 0 Å². The molecule has 2 N–H and O–H groups in total. The smallest absolute Gasteiger partial charge is 0.0547 e. The van der Waals surface area contributed by atoms with Crippen molar-refractivity contribution in [2.45, 2.75) is 39.5 Å². The van der Waals surface area contributed by atoms with Crippen LogP contribution in [-0.2, 0) is 0 Å². The van der Waals surface area contributed by atoms with Crippen LogP contribution in [0.3, 0.4) is 0 Å². The Balaban J connectivity index is 2.35. The molecule has 0 aliphatic carbocycles. The van der Waals surface area contributed by atoms with Gasteiger partial charge in [-0.25, -0.2) is 0 Å². The fraction of sp³-hybridized carbons (Fsp3) is 0.615. The summed E-state index contributed by atoms with van der Waals surface area (Å²) in [7, 11) is 0. The first-order valence-electron chi connectivity index (χ1n) is 6.29. The summed E-state index contributed by atoms with van der Waals surface area (Å²) >= 11 is 0. The van der Waals surface area contributed by atoms with Gasteiger partial charge in [-0.15, -0.1) is 0 Å². The Bertz CT molecular complexity index is 286. The first-order chi connectivity index (χ1) is 7.86.